The number of hydrogen-bond acceptors (Lipinski definition) is 2. The second-order valence-corrected chi connectivity index (χ2v) is 6.22. The third-order valence-electron chi connectivity index (χ3n) is 2.36. The Balaban J connectivity index is 2.20. The summed E-state index contributed by atoms with van der Waals surface area (Å²) in [7, 11) is 0. The van der Waals surface area contributed by atoms with E-state index in [9.17, 15) is 0 Å². The minimum absolute atomic E-state index is 0.229. The van der Waals surface area contributed by atoms with E-state index < -0.39 is 0 Å². The predicted molar refractivity (Wildman–Crippen MR) is 80.4 cm³/mol. The van der Waals surface area contributed by atoms with Crippen LogP contribution in [0.2, 0.25) is 0 Å². The Morgan fingerprint density at radius 1 is 1.24 bits per heavy atom. The Bertz CT molecular complexity index is 478. The first kappa shape index (κ1) is 13.1. The van der Waals surface area contributed by atoms with E-state index in [1.165, 1.54) is 10.4 Å². The topological polar surface area (TPSA) is 9.23 Å². The summed E-state index contributed by atoms with van der Waals surface area (Å²) in [4.78, 5) is 1.52. The van der Waals surface area contributed by atoms with Crippen molar-refractivity contribution in [2.24, 2.45) is 0 Å². The Hall–Kier alpha value is -0.320. The molecule has 0 aliphatic heterocycles. The van der Waals surface area contributed by atoms with E-state index in [0.717, 1.165) is 10.2 Å². The maximum atomic E-state index is 5.43. The third-order valence-corrected chi connectivity index (χ3v) is 5.58. The molecule has 0 N–H and O–H groups in total. The molecule has 1 aromatic heterocycles. The fraction of sp³-hybridized carbons (Fsp3) is 0.231. The number of thiophene rings is 1. The van der Waals surface area contributed by atoms with Gasteiger partial charge in [0.15, 0.2) is 0 Å². The van der Waals surface area contributed by atoms with Gasteiger partial charge in [-0.3, -0.25) is 0 Å². The maximum Gasteiger partial charge on any atom is 0.119 e. The van der Waals surface area contributed by atoms with Crippen LogP contribution in [0.1, 0.15) is 22.2 Å². The van der Waals surface area contributed by atoms with E-state index in [1.807, 2.05) is 19.1 Å². The lowest BCUT2D eigenvalue weighted by Crippen LogP contribution is -1.93. The van der Waals surface area contributed by atoms with Gasteiger partial charge in [0.2, 0.25) is 0 Å². The smallest absolute Gasteiger partial charge is 0.119 e. The minimum atomic E-state index is 0.229. The lowest BCUT2D eigenvalue weighted by Gasteiger charge is -2.10. The molecule has 1 aromatic carbocycles. The van der Waals surface area contributed by atoms with Crippen molar-refractivity contribution in [2.75, 3.05) is 6.61 Å². The molecule has 2 rings (SSSR count). The van der Waals surface area contributed by atoms with E-state index >= 15 is 0 Å². The molecular formula is C13H12Br2OS. The number of rotatable bonds is 4. The molecule has 1 unspecified atom stereocenters. The first-order valence-corrected chi connectivity index (χ1v) is 7.91. The van der Waals surface area contributed by atoms with Crippen LogP contribution in [0.4, 0.5) is 0 Å². The molecule has 17 heavy (non-hydrogen) atoms. The molecule has 0 spiro atoms. The Labute approximate surface area is 122 Å². The van der Waals surface area contributed by atoms with Gasteiger partial charge in [0.05, 0.1) is 11.4 Å². The molecule has 0 saturated carbocycles. The standard InChI is InChI=1S/C13H12Br2OS/c1-2-16-10-5-3-9(4-6-10)12(15)13-11(14)7-8-17-13/h3-8,12H,2H2,1H3. The summed E-state index contributed by atoms with van der Waals surface area (Å²) in [6.07, 6.45) is 0. The van der Waals surface area contributed by atoms with Gasteiger partial charge in [-0.2, -0.15) is 0 Å². The van der Waals surface area contributed by atoms with Gasteiger partial charge in [-0.1, -0.05) is 28.1 Å². The Kier molecular flexibility index (Phi) is 4.65. The molecule has 0 aliphatic carbocycles. The Morgan fingerprint density at radius 3 is 2.47 bits per heavy atom. The zero-order chi connectivity index (χ0) is 12.3. The number of benzene rings is 1. The molecule has 0 bridgehead atoms. The van der Waals surface area contributed by atoms with Crippen molar-refractivity contribution >= 4 is 43.2 Å². The average molecular weight is 376 g/mol. The van der Waals surface area contributed by atoms with Crippen LogP contribution >= 0.6 is 43.2 Å². The summed E-state index contributed by atoms with van der Waals surface area (Å²) in [6, 6.07) is 10.3. The Morgan fingerprint density at radius 2 is 1.94 bits per heavy atom. The van der Waals surface area contributed by atoms with Crippen LogP contribution in [0.25, 0.3) is 0 Å². The van der Waals surface area contributed by atoms with Crippen LogP contribution in [0.15, 0.2) is 40.2 Å². The van der Waals surface area contributed by atoms with Crippen LogP contribution in [-0.4, -0.2) is 6.61 Å². The van der Waals surface area contributed by atoms with Gasteiger partial charge in [0.1, 0.15) is 5.75 Å². The van der Waals surface area contributed by atoms with Gasteiger partial charge in [0, 0.05) is 9.35 Å². The highest BCUT2D eigenvalue weighted by atomic mass is 79.9. The number of halogens is 2. The molecule has 1 atom stereocenters. The molecule has 1 heterocycles. The largest absolute Gasteiger partial charge is 0.494 e. The quantitative estimate of drug-likeness (QED) is 0.650. The van der Waals surface area contributed by atoms with Crippen molar-refractivity contribution in [3.05, 3.63) is 50.6 Å². The van der Waals surface area contributed by atoms with E-state index in [-0.39, 0.29) is 4.83 Å². The fourth-order valence-corrected chi connectivity index (χ4v) is 4.32. The van der Waals surface area contributed by atoms with Crippen molar-refractivity contribution in [2.45, 2.75) is 11.8 Å². The van der Waals surface area contributed by atoms with E-state index in [2.05, 4.69) is 55.4 Å². The van der Waals surface area contributed by atoms with Gasteiger partial charge in [0.25, 0.3) is 0 Å². The molecule has 0 amide bonds. The number of hydrogen-bond donors (Lipinski definition) is 0. The normalized spacial score (nSPS) is 12.4. The lowest BCUT2D eigenvalue weighted by atomic mass is 10.1. The molecule has 90 valence electrons. The van der Waals surface area contributed by atoms with Crippen molar-refractivity contribution in [1.29, 1.82) is 0 Å². The molecule has 0 radical (unpaired) electrons. The lowest BCUT2D eigenvalue weighted by molar-refractivity contribution is 0.340. The highest BCUT2D eigenvalue weighted by Gasteiger charge is 2.14. The summed E-state index contributed by atoms with van der Waals surface area (Å²) in [5, 5.41) is 2.09. The molecular weight excluding hydrogens is 364 g/mol. The monoisotopic (exact) mass is 374 g/mol. The van der Waals surface area contributed by atoms with Crippen molar-refractivity contribution < 1.29 is 4.74 Å². The molecule has 0 aliphatic rings. The van der Waals surface area contributed by atoms with Crippen LogP contribution in [0, 0.1) is 0 Å². The maximum absolute atomic E-state index is 5.43. The van der Waals surface area contributed by atoms with Crippen molar-refractivity contribution in [3.8, 4) is 5.75 Å². The highest BCUT2D eigenvalue weighted by Crippen LogP contribution is 2.39. The van der Waals surface area contributed by atoms with Gasteiger partial charge >= 0.3 is 0 Å². The zero-order valence-electron chi connectivity index (χ0n) is 9.32. The average Bonchev–Trinajstić information content (AvgIpc) is 2.76. The number of alkyl halides is 1. The van der Waals surface area contributed by atoms with Crippen LogP contribution in [0.3, 0.4) is 0 Å². The molecule has 2 aromatic rings. The van der Waals surface area contributed by atoms with Crippen molar-refractivity contribution in [3.63, 3.8) is 0 Å². The van der Waals surface area contributed by atoms with Crippen molar-refractivity contribution in [1.82, 2.24) is 0 Å². The summed E-state index contributed by atoms with van der Waals surface area (Å²) in [6.45, 7) is 2.69. The van der Waals surface area contributed by atoms with E-state index in [1.54, 1.807) is 11.3 Å². The molecule has 0 saturated heterocycles. The number of ether oxygens (including phenoxy) is 1. The summed E-state index contributed by atoms with van der Waals surface area (Å²) in [5.41, 5.74) is 1.23. The first-order chi connectivity index (χ1) is 8.22. The first-order valence-electron chi connectivity index (χ1n) is 5.32. The van der Waals surface area contributed by atoms with E-state index in [0.29, 0.717) is 6.61 Å². The van der Waals surface area contributed by atoms with Gasteiger partial charge in [-0.25, -0.2) is 0 Å². The predicted octanol–water partition coefficient (Wildman–Crippen LogP) is 5.39. The van der Waals surface area contributed by atoms with Crippen LogP contribution in [-0.2, 0) is 0 Å². The summed E-state index contributed by atoms with van der Waals surface area (Å²) >= 11 is 9.03. The molecule has 1 nitrogen and oxygen atoms in total. The zero-order valence-corrected chi connectivity index (χ0v) is 13.3. The summed E-state index contributed by atoms with van der Waals surface area (Å²) in [5.74, 6) is 0.918. The fourth-order valence-electron chi connectivity index (χ4n) is 1.54. The van der Waals surface area contributed by atoms with Gasteiger partial charge < -0.3 is 4.74 Å². The van der Waals surface area contributed by atoms with Gasteiger partial charge in [-0.15, -0.1) is 11.3 Å². The van der Waals surface area contributed by atoms with Crippen LogP contribution in [0.5, 0.6) is 5.75 Å². The van der Waals surface area contributed by atoms with Gasteiger partial charge in [-0.05, 0) is 52.0 Å². The summed E-state index contributed by atoms with van der Waals surface area (Å²) < 4.78 is 6.58. The van der Waals surface area contributed by atoms with Crippen LogP contribution < -0.4 is 4.74 Å². The molecule has 4 heteroatoms. The third kappa shape index (κ3) is 3.12. The minimum Gasteiger partial charge on any atom is -0.494 e. The SMILES string of the molecule is CCOc1ccc(C(Br)c2sccc2Br)cc1. The van der Waals surface area contributed by atoms with E-state index in [4.69, 9.17) is 4.74 Å². The highest BCUT2D eigenvalue weighted by molar-refractivity contribution is 9.11. The second kappa shape index (κ2) is 6.03. The molecule has 0 fully saturated rings. The second-order valence-electron chi connectivity index (χ2n) is 3.50.